The standard InChI is InChI=1S/C23H33N6O7P/c1-15(2)28(16(3)4)37(34-11-7-9-24)36-19-12-21(35-17(19)5)27-14-18(22(30)25-23(27)31)13-26-10-6-8-20(26)29(32)33/h6,8,10,14-17,19,21H,7,11-13H2,1-5H3,(H,25,30,31)/t17-,19-,21-,37?/m1/s1/i5D. The zero-order valence-electron chi connectivity index (χ0n) is 22.3. The molecule has 0 amide bonds. The summed E-state index contributed by atoms with van der Waals surface area (Å²) in [7, 11) is -1.60. The monoisotopic (exact) mass is 537 g/mol. The highest BCUT2D eigenvalue weighted by Crippen LogP contribution is 2.49. The van der Waals surface area contributed by atoms with Gasteiger partial charge in [0.1, 0.15) is 12.8 Å². The number of aromatic nitrogens is 3. The zero-order chi connectivity index (χ0) is 28.0. The molecule has 1 aliphatic rings. The van der Waals surface area contributed by atoms with Gasteiger partial charge in [-0.05, 0) is 45.6 Å². The molecule has 0 bridgehead atoms. The number of nitro groups is 1. The average molecular weight is 538 g/mol. The largest absolute Gasteiger partial charge is 0.358 e. The van der Waals surface area contributed by atoms with Crippen molar-refractivity contribution in [3.05, 3.63) is 61.0 Å². The van der Waals surface area contributed by atoms with Gasteiger partial charge in [0.2, 0.25) is 0 Å². The van der Waals surface area contributed by atoms with Crippen LogP contribution in [-0.2, 0) is 20.3 Å². The Hall–Kier alpha value is -2.88. The van der Waals surface area contributed by atoms with Gasteiger partial charge in [0.15, 0.2) is 0 Å². The molecule has 0 radical (unpaired) electrons. The van der Waals surface area contributed by atoms with Crippen LogP contribution >= 0.6 is 8.53 Å². The lowest BCUT2D eigenvalue weighted by Crippen LogP contribution is -2.35. The van der Waals surface area contributed by atoms with Gasteiger partial charge >= 0.3 is 11.5 Å². The van der Waals surface area contributed by atoms with Crippen molar-refractivity contribution >= 4 is 14.3 Å². The summed E-state index contributed by atoms with van der Waals surface area (Å²) < 4.78 is 30.9. The van der Waals surface area contributed by atoms with E-state index in [9.17, 15) is 19.7 Å². The predicted molar refractivity (Wildman–Crippen MR) is 136 cm³/mol. The first-order chi connectivity index (χ1) is 18.1. The van der Waals surface area contributed by atoms with Gasteiger partial charge in [0.05, 0.1) is 43.1 Å². The van der Waals surface area contributed by atoms with Gasteiger partial charge in [-0.2, -0.15) is 5.26 Å². The second-order valence-corrected chi connectivity index (χ2v) is 10.5. The number of hydrogen-bond donors (Lipinski definition) is 1. The third kappa shape index (κ3) is 6.91. The third-order valence-corrected chi connectivity index (χ3v) is 7.91. The van der Waals surface area contributed by atoms with Crippen LogP contribution in [0.2, 0.25) is 0 Å². The van der Waals surface area contributed by atoms with Crippen molar-refractivity contribution in [3.8, 4) is 6.07 Å². The minimum atomic E-state index is -1.60. The van der Waals surface area contributed by atoms with E-state index >= 15 is 0 Å². The zero-order valence-corrected chi connectivity index (χ0v) is 22.2. The molecule has 0 spiro atoms. The first-order valence-corrected chi connectivity index (χ1v) is 13.0. The van der Waals surface area contributed by atoms with Crippen LogP contribution in [-0.4, -0.2) is 54.6 Å². The number of rotatable bonds is 12. The first kappa shape index (κ1) is 27.2. The molecule has 3 heterocycles. The maximum atomic E-state index is 12.7. The molecule has 2 aromatic rings. The van der Waals surface area contributed by atoms with Crippen molar-refractivity contribution in [1.82, 2.24) is 18.8 Å². The van der Waals surface area contributed by atoms with Crippen LogP contribution < -0.4 is 11.2 Å². The van der Waals surface area contributed by atoms with E-state index in [1.165, 1.54) is 33.7 Å². The second-order valence-electron chi connectivity index (χ2n) is 9.13. The molecule has 37 heavy (non-hydrogen) atoms. The molecule has 1 unspecified atom stereocenters. The first-order valence-electron chi connectivity index (χ1n) is 12.6. The summed E-state index contributed by atoms with van der Waals surface area (Å²) in [5, 5.41) is 20.2. The molecule has 3 rings (SSSR count). The summed E-state index contributed by atoms with van der Waals surface area (Å²) in [5.74, 6) is -0.188. The smallest absolute Gasteiger partial charge is 0.330 e. The van der Waals surface area contributed by atoms with Crippen molar-refractivity contribution < 1.29 is 20.1 Å². The third-order valence-electron chi connectivity index (χ3n) is 5.75. The Kier molecular flexibility index (Phi) is 9.23. The van der Waals surface area contributed by atoms with E-state index in [4.69, 9.17) is 20.4 Å². The molecular formula is C23H33N6O7P. The average Bonchev–Trinajstić information content (AvgIpc) is 3.47. The molecule has 1 N–H and O–H groups in total. The van der Waals surface area contributed by atoms with Gasteiger partial charge in [-0.25, -0.2) is 14.0 Å². The molecular weight excluding hydrogens is 503 g/mol. The van der Waals surface area contributed by atoms with E-state index in [0.717, 1.165) is 0 Å². The highest BCUT2D eigenvalue weighted by molar-refractivity contribution is 7.44. The highest BCUT2D eigenvalue weighted by Gasteiger charge is 2.39. The van der Waals surface area contributed by atoms with Gasteiger partial charge in [-0.15, -0.1) is 0 Å². The number of nitriles is 1. The predicted octanol–water partition coefficient (Wildman–Crippen LogP) is 3.26. The Morgan fingerprint density at radius 1 is 1.41 bits per heavy atom. The van der Waals surface area contributed by atoms with Crippen LogP contribution in [0.3, 0.4) is 0 Å². The lowest BCUT2D eigenvalue weighted by atomic mass is 10.2. The Balaban J connectivity index is 1.86. The van der Waals surface area contributed by atoms with E-state index in [1.54, 1.807) is 0 Å². The summed E-state index contributed by atoms with van der Waals surface area (Å²) in [6.45, 7) is 7.99. The molecule has 1 aliphatic heterocycles. The summed E-state index contributed by atoms with van der Waals surface area (Å²) in [5.41, 5.74) is -1.23. The second kappa shape index (κ2) is 12.6. The molecule has 13 nitrogen and oxygen atoms in total. The molecule has 0 aromatic carbocycles. The van der Waals surface area contributed by atoms with E-state index in [0.29, 0.717) is 0 Å². The van der Waals surface area contributed by atoms with Crippen LogP contribution in [0.5, 0.6) is 0 Å². The Labute approximate surface area is 217 Å². The van der Waals surface area contributed by atoms with Gasteiger partial charge in [0, 0.05) is 32.1 Å². The number of H-pyrrole nitrogens is 1. The molecule has 4 atom stereocenters. The van der Waals surface area contributed by atoms with E-state index in [-0.39, 0.29) is 56.4 Å². The molecule has 1 saturated heterocycles. The molecule has 1 fully saturated rings. The van der Waals surface area contributed by atoms with Crippen molar-refractivity contribution in [3.63, 3.8) is 0 Å². The molecule has 2 aromatic heterocycles. The van der Waals surface area contributed by atoms with Crippen molar-refractivity contribution in [2.24, 2.45) is 0 Å². The Morgan fingerprint density at radius 3 is 2.76 bits per heavy atom. The van der Waals surface area contributed by atoms with Crippen LogP contribution in [0.1, 0.15) is 60.6 Å². The van der Waals surface area contributed by atoms with Crippen molar-refractivity contribution in [2.45, 2.75) is 84.5 Å². The Bertz CT molecular complexity index is 1250. The lowest BCUT2D eigenvalue weighted by molar-refractivity contribution is -0.391. The fraction of sp³-hybridized carbons (Fsp3) is 0.609. The normalized spacial score (nSPS) is 20.9. The SMILES string of the molecule is [2H]C[C@H]1O[C@@H](n2cc(Cn3cccc3[N+](=O)[O-])c(=O)[nH]c2=O)C[C@H]1OP(OCCC#N)N(C(C)C)C(C)C. The lowest BCUT2D eigenvalue weighted by Gasteiger charge is -2.37. The van der Waals surface area contributed by atoms with Crippen molar-refractivity contribution in [2.75, 3.05) is 6.61 Å². The molecule has 14 heteroatoms. The molecule has 202 valence electrons. The molecule has 0 aliphatic carbocycles. The maximum absolute atomic E-state index is 12.7. The summed E-state index contributed by atoms with van der Waals surface area (Å²) >= 11 is 0. The van der Waals surface area contributed by atoms with Crippen LogP contribution in [0.4, 0.5) is 5.82 Å². The van der Waals surface area contributed by atoms with E-state index < -0.39 is 43.1 Å². The van der Waals surface area contributed by atoms with Gasteiger partial charge < -0.3 is 23.9 Å². The number of aromatic amines is 1. The minimum absolute atomic E-state index is 0.0814. The number of nitrogens with zero attached hydrogens (tertiary/aromatic N) is 5. The van der Waals surface area contributed by atoms with Crippen molar-refractivity contribution in [1.29, 1.82) is 5.26 Å². The highest BCUT2D eigenvalue weighted by atomic mass is 31.2. The van der Waals surface area contributed by atoms with Crippen LogP contribution in [0.25, 0.3) is 0 Å². The van der Waals surface area contributed by atoms with Gasteiger partial charge in [-0.3, -0.25) is 14.3 Å². The fourth-order valence-electron chi connectivity index (χ4n) is 4.14. The number of nitrogens with one attached hydrogen (secondary N) is 1. The van der Waals surface area contributed by atoms with Crippen LogP contribution in [0.15, 0.2) is 34.1 Å². The maximum Gasteiger partial charge on any atom is 0.330 e. The summed E-state index contributed by atoms with van der Waals surface area (Å²) in [6.07, 6.45) is 1.14. The Morgan fingerprint density at radius 2 is 2.14 bits per heavy atom. The van der Waals surface area contributed by atoms with Gasteiger partial charge in [0.25, 0.3) is 14.1 Å². The van der Waals surface area contributed by atoms with Gasteiger partial charge in [-0.1, -0.05) is 0 Å². The summed E-state index contributed by atoms with van der Waals surface area (Å²) in [6, 6.07) is 5.03. The summed E-state index contributed by atoms with van der Waals surface area (Å²) in [4.78, 5) is 38.2. The van der Waals surface area contributed by atoms with Crippen LogP contribution in [0, 0.1) is 21.4 Å². The topological polar surface area (TPSA) is 158 Å². The quantitative estimate of drug-likeness (QED) is 0.186. The number of hydrogen-bond acceptors (Lipinski definition) is 9. The molecule has 0 saturated carbocycles. The van der Waals surface area contributed by atoms with E-state index in [1.807, 2.05) is 27.7 Å². The minimum Gasteiger partial charge on any atom is -0.358 e. The van der Waals surface area contributed by atoms with E-state index in [2.05, 4.69) is 15.7 Å². The number of ether oxygens (including phenoxy) is 1. The fourth-order valence-corrected chi connectivity index (χ4v) is 5.90.